The molecule has 8 heteroatoms. The molecular weight excluding hydrogens is 382 g/mol. The van der Waals surface area contributed by atoms with E-state index in [0.717, 1.165) is 49.2 Å². The Balaban J connectivity index is 1.92. The van der Waals surface area contributed by atoms with E-state index in [1.165, 1.54) is 9.13 Å². The van der Waals surface area contributed by atoms with E-state index < -0.39 is 0 Å². The summed E-state index contributed by atoms with van der Waals surface area (Å²) in [4.78, 5) is 33.0. The Kier molecular flexibility index (Phi) is 5.40. The molecule has 160 valence electrons. The van der Waals surface area contributed by atoms with Gasteiger partial charge in [0.15, 0.2) is 11.2 Å². The van der Waals surface area contributed by atoms with Crippen molar-refractivity contribution in [1.29, 1.82) is 0 Å². The molecule has 1 aliphatic heterocycles. The number of nitrogens with zero attached hydrogens (tertiary/aromatic N) is 5. The van der Waals surface area contributed by atoms with Gasteiger partial charge in [-0.3, -0.25) is 13.9 Å². The molecular formula is C22H29N5O3. The lowest BCUT2D eigenvalue weighted by Gasteiger charge is -2.30. The van der Waals surface area contributed by atoms with Crippen molar-refractivity contribution in [2.45, 2.75) is 52.6 Å². The van der Waals surface area contributed by atoms with Crippen molar-refractivity contribution >= 4 is 22.8 Å². The summed E-state index contributed by atoms with van der Waals surface area (Å²) < 4.78 is 10.4. The summed E-state index contributed by atoms with van der Waals surface area (Å²) >= 11 is 0. The van der Waals surface area contributed by atoms with Crippen LogP contribution in [0.25, 0.3) is 11.2 Å². The van der Waals surface area contributed by atoms with Gasteiger partial charge in [-0.2, -0.15) is 4.98 Å². The Bertz CT molecular complexity index is 1200. The smallest absolute Gasteiger partial charge is 0.332 e. The van der Waals surface area contributed by atoms with Gasteiger partial charge in [0.25, 0.3) is 5.56 Å². The van der Waals surface area contributed by atoms with Crippen molar-refractivity contribution in [3.8, 4) is 5.75 Å². The van der Waals surface area contributed by atoms with Crippen molar-refractivity contribution < 1.29 is 4.74 Å². The van der Waals surface area contributed by atoms with Crippen LogP contribution in [0.3, 0.4) is 0 Å². The van der Waals surface area contributed by atoms with Gasteiger partial charge < -0.3 is 14.2 Å². The second kappa shape index (κ2) is 8.01. The van der Waals surface area contributed by atoms with Crippen molar-refractivity contribution in [2.75, 3.05) is 18.6 Å². The third-order valence-electron chi connectivity index (χ3n) is 5.83. The number of hydrogen-bond donors (Lipinski definition) is 0. The van der Waals surface area contributed by atoms with Gasteiger partial charge in [0.05, 0.1) is 12.8 Å². The van der Waals surface area contributed by atoms with Crippen LogP contribution in [-0.4, -0.2) is 32.3 Å². The number of fused-ring (bicyclic) bond motifs is 3. The van der Waals surface area contributed by atoms with Crippen molar-refractivity contribution in [3.05, 3.63) is 44.6 Å². The van der Waals surface area contributed by atoms with Gasteiger partial charge in [-0.15, -0.1) is 0 Å². The molecule has 0 radical (unpaired) electrons. The van der Waals surface area contributed by atoms with Crippen molar-refractivity contribution in [3.63, 3.8) is 0 Å². The molecule has 0 unspecified atom stereocenters. The largest absolute Gasteiger partial charge is 0.495 e. The third-order valence-corrected chi connectivity index (χ3v) is 5.83. The molecule has 0 spiro atoms. The highest BCUT2D eigenvalue weighted by atomic mass is 16.5. The van der Waals surface area contributed by atoms with Crippen LogP contribution < -0.4 is 20.9 Å². The van der Waals surface area contributed by atoms with Gasteiger partial charge in [-0.25, -0.2) is 4.79 Å². The summed E-state index contributed by atoms with van der Waals surface area (Å²) in [5.41, 5.74) is 2.41. The number of unbranched alkanes of at least 4 members (excludes halogenated alkanes) is 2. The Morgan fingerprint density at radius 2 is 1.97 bits per heavy atom. The maximum Gasteiger partial charge on any atom is 0.332 e. The Morgan fingerprint density at radius 1 is 1.17 bits per heavy atom. The normalized spacial score (nSPS) is 13.7. The van der Waals surface area contributed by atoms with E-state index in [0.29, 0.717) is 30.2 Å². The number of ether oxygens (including phenoxy) is 1. The molecule has 1 aliphatic rings. The molecule has 0 fully saturated rings. The van der Waals surface area contributed by atoms with E-state index in [4.69, 9.17) is 9.72 Å². The summed E-state index contributed by atoms with van der Waals surface area (Å²) in [6.07, 6.45) is 3.70. The standard InChI is InChI=1S/C22H29N5O3/c1-5-6-7-11-27-20(28)18-19(24(3)22(27)29)23-21-25(12-8-13-26(18)21)16-14-15(2)9-10-17(16)30-4/h9-10,14H,5-8,11-13H2,1-4H3. The first kappa shape index (κ1) is 20.3. The third kappa shape index (κ3) is 3.20. The predicted octanol–water partition coefficient (Wildman–Crippen LogP) is 2.95. The Morgan fingerprint density at radius 3 is 2.70 bits per heavy atom. The van der Waals surface area contributed by atoms with Crippen LogP contribution in [-0.2, 0) is 20.1 Å². The molecule has 0 bridgehead atoms. The first-order valence-electron chi connectivity index (χ1n) is 10.6. The van der Waals surface area contributed by atoms with E-state index in [1.54, 1.807) is 14.2 Å². The summed E-state index contributed by atoms with van der Waals surface area (Å²) in [7, 11) is 3.34. The fraction of sp³-hybridized carbons (Fsp3) is 0.500. The zero-order valence-corrected chi connectivity index (χ0v) is 18.1. The number of anilines is 2. The second-order valence-corrected chi connectivity index (χ2v) is 7.92. The molecule has 30 heavy (non-hydrogen) atoms. The molecule has 1 aromatic carbocycles. The predicted molar refractivity (Wildman–Crippen MR) is 118 cm³/mol. The molecule has 0 N–H and O–H groups in total. The van der Waals surface area contributed by atoms with E-state index >= 15 is 0 Å². The monoisotopic (exact) mass is 411 g/mol. The van der Waals surface area contributed by atoms with Crippen LogP contribution in [0.1, 0.15) is 38.2 Å². The Hall–Kier alpha value is -3.03. The fourth-order valence-corrected chi connectivity index (χ4v) is 4.22. The quantitative estimate of drug-likeness (QED) is 0.583. The number of hydrogen-bond acceptors (Lipinski definition) is 5. The minimum Gasteiger partial charge on any atom is -0.495 e. The fourth-order valence-electron chi connectivity index (χ4n) is 4.22. The lowest BCUT2D eigenvalue weighted by Crippen LogP contribution is -2.40. The van der Waals surface area contributed by atoms with Gasteiger partial charge in [-0.05, 0) is 37.5 Å². The van der Waals surface area contributed by atoms with Crippen LogP contribution in [0.4, 0.5) is 11.6 Å². The SMILES string of the molecule is CCCCCn1c(=O)c2c(nc3n2CCCN3c2cc(C)ccc2OC)n(C)c1=O. The van der Waals surface area contributed by atoms with Crippen molar-refractivity contribution in [1.82, 2.24) is 18.7 Å². The molecule has 0 aliphatic carbocycles. The van der Waals surface area contributed by atoms with Crippen LogP contribution in [0.5, 0.6) is 5.75 Å². The van der Waals surface area contributed by atoms with Crippen LogP contribution in [0, 0.1) is 6.92 Å². The second-order valence-electron chi connectivity index (χ2n) is 7.92. The number of imidazole rings is 1. The molecule has 0 saturated carbocycles. The van der Waals surface area contributed by atoms with Crippen LogP contribution in [0.2, 0.25) is 0 Å². The minimum absolute atomic E-state index is 0.249. The first-order chi connectivity index (χ1) is 14.5. The molecule has 8 nitrogen and oxygen atoms in total. The number of benzene rings is 1. The summed E-state index contributed by atoms with van der Waals surface area (Å²) in [6.45, 7) is 6.03. The average molecular weight is 412 g/mol. The highest BCUT2D eigenvalue weighted by molar-refractivity contribution is 5.78. The average Bonchev–Trinajstić information content (AvgIpc) is 3.14. The molecule has 2 aromatic heterocycles. The molecule has 4 rings (SSSR count). The van der Waals surface area contributed by atoms with E-state index in [2.05, 4.69) is 17.9 Å². The zero-order chi connectivity index (χ0) is 21.4. The lowest BCUT2D eigenvalue weighted by atomic mass is 10.1. The number of aromatic nitrogens is 4. The molecule has 0 saturated heterocycles. The van der Waals surface area contributed by atoms with Gasteiger partial charge in [0, 0.05) is 26.7 Å². The van der Waals surface area contributed by atoms with Gasteiger partial charge in [0.2, 0.25) is 5.95 Å². The van der Waals surface area contributed by atoms with Crippen molar-refractivity contribution in [2.24, 2.45) is 7.05 Å². The van der Waals surface area contributed by atoms with Gasteiger partial charge in [-0.1, -0.05) is 25.8 Å². The summed E-state index contributed by atoms with van der Waals surface area (Å²) in [5.74, 6) is 1.44. The Labute approximate surface area is 175 Å². The van der Waals surface area contributed by atoms with Gasteiger partial charge in [0.1, 0.15) is 5.75 Å². The maximum absolute atomic E-state index is 13.3. The van der Waals surface area contributed by atoms with Crippen LogP contribution >= 0.6 is 0 Å². The molecule has 0 atom stereocenters. The number of rotatable bonds is 6. The minimum atomic E-state index is -0.307. The number of methoxy groups -OCH3 is 1. The van der Waals surface area contributed by atoms with E-state index in [9.17, 15) is 9.59 Å². The number of aryl methyl sites for hydroxylation is 3. The molecule has 3 aromatic rings. The lowest BCUT2D eigenvalue weighted by molar-refractivity contribution is 0.414. The van der Waals surface area contributed by atoms with Crippen LogP contribution in [0.15, 0.2) is 27.8 Å². The maximum atomic E-state index is 13.3. The molecule has 3 heterocycles. The van der Waals surface area contributed by atoms with Gasteiger partial charge >= 0.3 is 5.69 Å². The zero-order valence-electron chi connectivity index (χ0n) is 18.1. The van der Waals surface area contributed by atoms with E-state index in [-0.39, 0.29) is 11.2 Å². The summed E-state index contributed by atoms with van der Waals surface area (Å²) in [5, 5.41) is 0. The first-order valence-corrected chi connectivity index (χ1v) is 10.6. The van der Waals surface area contributed by atoms with E-state index in [1.807, 2.05) is 23.6 Å². The highest BCUT2D eigenvalue weighted by Crippen LogP contribution is 2.37. The topological polar surface area (TPSA) is 74.3 Å². The molecule has 0 amide bonds. The summed E-state index contributed by atoms with van der Waals surface area (Å²) in [6, 6.07) is 6.02. The highest BCUT2D eigenvalue weighted by Gasteiger charge is 2.28.